The summed E-state index contributed by atoms with van der Waals surface area (Å²) in [4.78, 5) is 23.0. The minimum absolute atomic E-state index is 0. The van der Waals surface area contributed by atoms with Gasteiger partial charge in [-0.15, -0.1) is 13.1 Å². The number of carbonyl (C=O) groups excluding carboxylic acids is 2. The van der Waals surface area contributed by atoms with Crippen LogP contribution in [-0.4, -0.2) is 37.7 Å². The topological polar surface area (TPSA) is 72.3 Å². The molecule has 5 nitrogen and oxygen atoms in total. The van der Waals surface area contributed by atoms with Crippen LogP contribution < -0.4 is 10.6 Å². The predicted octanol–water partition coefficient (Wildman–Crippen LogP) is 2.48. The van der Waals surface area contributed by atoms with Crippen molar-refractivity contribution in [3.8, 4) is 0 Å². The van der Waals surface area contributed by atoms with Gasteiger partial charge in [-0.2, -0.15) is 0 Å². The molecule has 0 atom stereocenters. The molecule has 0 saturated carbocycles. The van der Waals surface area contributed by atoms with E-state index in [1.165, 1.54) is 0 Å². The van der Waals surface area contributed by atoms with Gasteiger partial charge in [0, 0.05) is 53.4 Å². The maximum absolute atomic E-state index is 11.5. The van der Waals surface area contributed by atoms with Gasteiger partial charge < -0.3 is 16.0 Å². The van der Waals surface area contributed by atoms with Gasteiger partial charge in [-0.25, -0.2) is 0 Å². The molecule has 0 amide bonds. The smallest absolute Gasteiger partial charge is 0.187 e. The molecule has 0 aromatic carbocycles. The summed E-state index contributed by atoms with van der Waals surface area (Å²) in [6.45, 7) is 3.19. The Kier molecular flexibility index (Phi) is 11.0. The summed E-state index contributed by atoms with van der Waals surface area (Å²) in [5.41, 5.74) is 1.36. The fourth-order valence-corrected chi connectivity index (χ4v) is 2.26. The molecule has 1 radical (unpaired) electrons. The van der Waals surface area contributed by atoms with Crippen molar-refractivity contribution in [3.05, 3.63) is 77.5 Å². The van der Waals surface area contributed by atoms with E-state index in [2.05, 4.69) is 16.0 Å². The summed E-state index contributed by atoms with van der Waals surface area (Å²) in [6, 6.07) is 0. The van der Waals surface area contributed by atoms with E-state index >= 15 is 0 Å². The van der Waals surface area contributed by atoms with E-state index in [-0.39, 0.29) is 28.3 Å². The molecule has 2 aliphatic rings. The molecule has 0 aromatic heterocycles. The van der Waals surface area contributed by atoms with Crippen molar-refractivity contribution in [2.45, 2.75) is 12.8 Å². The Labute approximate surface area is 165 Å². The van der Waals surface area contributed by atoms with Crippen LogP contribution in [0, 0.1) is 0 Å². The molecule has 0 spiro atoms. The van der Waals surface area contributed by atoms with Crippen molar-refractivity contribution in [2.75, 3.05) is 26.2 Å². The second-order valence-electron chi connectivity index (χ2n) is 5.65. The van der Waals surface area contributed by atoms with Crippen LogP contribution in [0.15, 0.2) is 72.2 Å². The first-order valence-corrected chi connectivity index (χ1v) is 8.56. The van der Waals surface area contributed by atoms with E-state index in [1.54, 1.807) is 48.9 Å². The van der Waals surface area contributed by atoms with E-state index in [9.17, 15) is 9.59 Å². The SMILES string of the molecule is O=C1C=CC=CC1=CNCCC[N-]CCCNC=C1C=CC=CC1=O.[Co]. The quantitative estimate of drug-likeness (QED) is 0.439. The monoisotopic (exact) mass is 397 g/mol. The summed E-state index contributed by atoms with van der Waals surface area (Å²) in [6.07, 6.45) is 19.3. The number of nitrogens with zero attached hydrogens (tertiary/aromatic N) is 1. The van der Waals surface area contributed by atoms with Crippen molar-refractivity contribution in [1.82, 2.24) is 10.6 Å². The molecular formula is C20H24CoN3O2-. The summed E-state index contributed by atoms with van der Waals surface area (Å²) >= 11 is 0. The summed E-state index contributed by atoms with van der Waals surface area (Å²) in [5.74, 6) is 0.0622. The van der Waals surface area contributed by atoms with E-state index in [0.29, 0.717) is 11.1 Å². The van der Waals surface area contributed by atoms with Gasteiger partial charge in [-0.05, 0) is 24.3 Å². The third-order valence-corrected chi connectivity index (χ3v) is 3.63. The van der Waals surface area contributed by atoms with E-state index in [4.69, 9.17) is 0 Å². The van der Waals surface area contributed by atoms with Crippen molar-refractivity contribution in [1.29, 1.82) is 0 Å². The van der Waals surface area contributed by atoms with Crippen LogP contribution in [0.2, 0.25) is 0 Å². The Bertz CT molecular complexity index is 602. The first-order valence-electron chi connectivity index (χ1n) is 8.56. The van der Waals surface area contributed by atoms with Crippen LogP contribution >= 0.6 is 0 Å². The average Bonchev–Trinajstić information content (AvgIpc) is 2.62. The Hall–Kier alpha value is -2.15. The van der Waals surface area contributed by atoms with Crippen molar-refractivity contribution >= 4 is 11.6 Å². The average molecular weight is 397 g/mol. The molecule has 0 fully saturated rings. The molecule has 2 rings (SSSR count). The first-order chi connectivity index (χ1) is 12.3. The van der Waals surface area contributed by atoms with E-state index in [1.807, 2.05) is 12.2 Å². The number of allylic oxidation sites excluding steroid dienone is 10. The zero-order valence-electron chi connectivity index (χ0n) is 14.6. The third-order valence-electron chi connectivity index (χ3n) is 3.63. The second-order valence-corrected chi connectivity index (χ2v) is 5.65. The van der Waals surface area contributed by atoms with Gasteiger partial charge in [0.2, 0.25) is 0 Å². The predicted molar refractivity (Wildman–Crippen MR) is 101 cm³/mol. The number of hydrogen-bond acceptors (Lipinski definition) is 4. The van der Waals surface area contributed by atoms with Crippen LogP contribution in [0.3, 0.4) is 0 Å². The molecule has 2 N–H and O–H groups in total. The van der Waals surface area contributed by atoms with Crippen LogP contribution in [0.1, 0.15) is 12.8 Å². The molecule has 0 unspecified atom stereocenters. The zero-order chi connectivity index (χ0) is 17.7. The molecule has 141 valence electrons. The molecule has 0 bridgehead atoms. The standard InChI is InChI=1S/C20H24N3O2.Co/c24-19-9-3-1-7-17(19)15-22-13-5-11-21-12-6-14-23-16-18-8-2-4-10-20(18)25;/h1-4,7-10,15-16,22-23H,5-6,11-14H2;/q-1;. The zero-order valence-corrected chi connectivity index (χ0v) is 15.7. The Morgan fingerprint density at radius 1 is 0.731 bits per heavy atom. The van der Waals surface area contributed by atoms with E-state index in [0.717, 1.165) is 39.0 Å². The van der Waals surface area contributed by atoms with Gasteiger partial charge in [0.1, 0.15) is 0 Å². The third kappa shape index (κ3) is 8.29. The molecule has 0 aromatic rings. The Balaban J connectivity index is 0.00000338. The van der Waals surface area contributed by atoms with E-state index < -0.39 is 0 Å². The maximum atomic E-state index is 11.5. The molecular weight excluding hydrogens is 373 g/mol. The molecule has 0 heterocycles. The van der Waals surface area contributed by atoms with Gasteiger partial charge in [-0.3, -0.25) is 9.59 Å². The van der Waals surface area contributed by atoms with Gasteiger partial charge >= 0.3 is 0 Å². The number of nitrogens with one attached hydrogen (secondary N) is 2. The summed E-state index contributed by atoms with van der Waals surface area (Å²) < 4.78 is 0. The molecule has 0 aliphatic heterocycles. The Morgan fingerprint density at radius 3 is 1.58 bits per heavy atom. The minimum atomic E-state index is 0. The van der Waals surface area contributed by atoms with Crippen LogP contribution in [-0.2, 0) is 26.4 Å². The Morgan fingerprint density at radius 2 is 1.15 bits per heavy atom. The number of ketones is 2. The molecule has 2 aliphatic carbocycles. The van der Waals surface area contributed by atoms with Gasteiger partial charge in [0.05, 0.1) is 0 Å². The first kappa shape index (κ1) is 21.9. The number of carbonyl (C=O) groups is 2. The van der Waals surface area contributed by atoms with Gasteiger partial charge in [0.15, 0.2) is 11.6 Å². The van der Waals surface area contributed by atoms with Gasteiger partial charge in [0.25, 0.3) is 0 Å². The largest absolute Gasteiger partial charge is 0.662 e. The molecule has 0 saturated heterocycles. The normalized spacial score (nSPS) is 18.5. The summed E-state index contributed by atoms with van der Waals surface area (Å²) in [7, 11) is 0. The van der Waals surface area contributed by atoms with Crippen molar-refractivity contribution in [3.63, 3.8) is 0 Å². The van der Waals surface area contributed by atoms with Crippen molar-refractivity contribution < 1.29 is 26.4 Å². The van der Waals surface area contributed by atoms with Crippen molar-refractivity contribution in [2.24, 2.45) is 0 Å². The fourth-order valence-electron chi connectivity index (χ4n) is 2.26. The second kappa shape index (κ2) is 13.1. The summed E-state index contributed by atoms with van der Waals surface area (Å²) in [5, 5.41) is 10.8. The molecule has 6 heteroatoms. The van der Waals surface area contributed by atoms with Crippen LogP contribution in [0.4, 0.5) is 0 Å². The number of rotatable bonds is 10. The minimum Gasteiger partial charge on any atom is -0.662 e. The van der Waals surface area contributed by atoms with Crippen LogP contribution in [0.25, 0.3) is 5.32 Å². The fraction of sp³-hybridized carbons (Fsp3) is 0.300. The van der Waals surface area contributed by atoms with Gasteiger partial charge in [-0.1, -0.05) is 37.1 Å². The maximum Gasteiger partial charge on any atom is 0.187 e. The molecule has 26 heavy (non-hydrogen) atoms. The number of hydrogen-bond donors (Lipinski definition) is 2. The van der Waals surface area contributed by atoms with Crippen LogP contribution in [0.5, 0.6) is 0 Å².